The number of ether oxygens (including phenoxy) is 1. The molecule has 2 N–H and O–H groups in total. The van der Waals surface area contributed by atoms with E-state index in [2.05, 4.69) is 33.5 Å². The van der Waals surface area contributed by atoms with Gasteiger partial charge in [-0.05, 0) is 57.9 Å². The Bertz CT molecular complexity index is 511. The van der Waals surface area contributed by atoms with Gasteiger partial charge < -0.3 is 15.4 Å². The molecule has 0 aromatic heterocycles. The summed E-state index contributed by atoms with van der Waals surface area (Å²) in [4.78, 5) is 12.0. The van der Waals surface area contributed by atoms with Crippen LogP contribution in [0.15, 0.2) is 22.7 Å². The second kappa shape index (κ2) is 5.64. The van der Waals surface area contributed by atoms with Gasteiger partial charge in [-0.25, -0.2) is 4.79 Å². The maximum Gasteiger partial charge on any atom is 0.408 e. The van der Waals surface area contributed by atoms with Gasteiger partial charge in [-0.2, -0.15) is 0 Å². The Kier molecular flexibility index (Phi) is 4.28. The fourth-order valence-corrected chi connectivity index (χ4v) is 2.72. The van der Waals surface area contributed by atoms with E-state index in [1.165, 1.54) is 0 Å². The lowest BCUT2D eigenvalue weighted by Gasteiger charge is -2.32. The lowest BCUT2D eigenvalue weighted by atomic mass is 9.94. The molecule has 2 atom stereocenters. The SMILES string of the molecule is C[C@@H]1C[C@H](NC(=O)OC(C)(C)C)c2cc(Br)ccc2N1. The number of halogens is 1. The van der Waals surface area contributed by atoms with E-state index in [0.29, 0.717) is 6.04 Å². The lowest BCUT2D eigenvalue weighted by Crippen LogP contribution is -2.39. The molecule has 1 heterocycles. The van der Waals surface area contributed by atoms with Crippen LogP contribution in [0.2, 0.25) is 0 Å². The van der Waals surface area contributed by atoms with Gasteiger partial charge in [0, 0.05) is 16.2 Å². The number of carbonyl (C=O) groups is 1. The monoisotopic (exact) mass is 340 g/mol. The average Bonchev–Trinajstić information content (AvgIpc) is 2.27. The van der Waals surface area contributed by atoms with Gasteiger partial charge in [-0.1, -0.05) is 15.9 Å². The van der Waals surface area contributed by atoms with Gasteiger partial charge in [0.2, 0.25) is 0 Å². The first-order valence-corrected chi connectivity index (χ1v) is 7.59. The molecule has 0 saturated heterocycles. The first-order valence-electron chi connectivity index (χ1n) is 6.80. The first kappa shape index (κ1) is 15.2. The van der Waals surface area contributed by atoms with Gasteiger partial charge in [0.15, 0.2) is 0 Å². The Labute approximate surface area is 128 Å². The van der Waals surface area contributed by atoms with E-state index in [-0.39, 0.29) is 12.1 Å². The highest BCUT2D eigenvalue weighted by Crippen LogP contribution is 2.34. The van der Waals surface area contributed by atoms with Crippen LogP contribution in [0.25, 0.3) is 0 Å². The number of hydrogen-bond acceptors (Lipinski definition) is 3. The predicted molar refractivity (Wildman–Crippen MR) is 84.0 cm³/mol. The minimum Gasteiger partial charge on any atom is -0.444 e. The number of rotatable bonds is 1. The summed E-state index contributed by atoms with van der Waals surface area (Å²) in [6.45, 7) is 7.70. The van der Waals surface area contributed by atoms with Crippen LogP contribution in [0.3, 0.4) is 0 Å². The quantitative estimate of drug-likeness (QED) is 0.804. The van der Waals surface area contributed by atoms with Gasteiger partial charge in [-0.3, -0.25) is 0 Å². The summed E-state index contributed by atoms with van der Waals surface area (Å²) in [5.41, 5.74) is 1.67. The van der Waals surface area contributed by atoms with Crippen LogP contribution >= 0.6 is 15.9 Å². The second-order valence-electron chi connectivity index (χ2n) is 6.21. The van der Waals surface area contributed by atoms with E-state index in [9.17, 15) is 4.79 Å². The Balaban J connectivity index is 2.17. The molecular formula is C15H21BrN2O2. The largest absolute Gasteiger partial charge is 0.444 e. The van der Waals surface area contributed by atoms with E-state index >= 15 is 0 Å². The molecule has 1 amide bonds. The highest BCUT2D eigenvalue weighted by atomic mass is 79.9. The number of anilines is 1. The van der Waals surface area contributed by atoms with Crippen molar-refractivity contribution in [3.8, 4) is 0 Å². The van der Waals surface area contributed by atoms with Crippen LogP contribution in [0.5, 0.6) is 0 Å². The maximum atomic E-state index is 12.0. The molecule has 1 aliphatic heterocycles. The maximum absolute atomic E-state index is 12.0. The molecular weight excluding hydrogens is 320 g/mol. The van der Waals surface area contributed by atoms with Crippen LogP contribution in [-0.4, -0.2) is 17.7 Å². The van der Waals surface area contributed by atoms with E-state index in [1.54, 1.807) is 0 Å². The molecule has 5 heteroatoms. The zero-order valence-corrected chi connectivity index (χ0v) is 13.9. The molecule has 4 nitrogen and oxygen atoms in total. The Morgan fingerprint density at radius 1 is 1.45 bits per heavy atom. The van der Waals surface area contributed by atoms with Crippen molar-refractivity contribution >= 4 is 27.7 Å². The highest BCUT2D eigenvalue weighted by molar-refractivity contribution is 9.10. The summed E-state index contributed by atoms with van der Waals surface area (Å²) >= 11 is 3.48. The summed E-state index contributed by atoms with van der Waals surface area (Å²) < 4.78 is 6.34. The molecule has 0 saturated carbocycles. The van der Waals surface area contributed by atoms with E-state index in [0.717, 1.165) is 22.1 Å². The first-order chi connectivity index (χ1) is 9.24. The molecule has 0 bridgehead atoms. The molecule has 2 rings (SSSR count). The second-order valence-corrected chi connectivity index (χ2v) is 7.13. The molecule has 1 aromatic rings. The van der Waals surface area contributed by atoms with Crippen molar-refractivity contribution in [3.63, 3.8) is 0 Å². The third-order valence-corrected chi connectivity index (χ3v) is 3.56. The minimum atomic E-state index is -0.483. The van der Waals surface area contributed by atoms with Crippen LogP contribution in [0.1, 0.15) is 45.7 Å². The number of fused-ring (bicyclic) bond motifs is 1. The molecule has 110 valence electrons. The molecule has 1 aromatic carbocycles. The fourth-order valence-electron chi connectivity index (χ4n) is 2.34. The van der Waals surface area contributed by atoms with Crippen LogP contribution in [-0.2, 0) is 4.74 Å². The van der Waals surface area contributed by atoms with Crippen molar-refractivity contribution in [3.05, 3.63) is 28.2 Å². The number of alkyl carbamates (subject to hydrolysis) is 1. The zero-order chi connectivity index (χ0) is 14.9. The van der Waals surface area contributed by atoms with Gasteiger partial charge in [0.25, 0.3) is 0 Å². The van der Waals surface area contributed by atoms with Crippen LogP contribution in [0, 0.1) is 0 Å². The van der Waals surface area contributed by atoms with Gasteiger partial charge in [0.05, 0.1) is 6.04 Å². The molecule has 0 fully saturated rings. The molecule has 0 radical (unpaired) electrons. The highest BCUT2D eigenvalue weighted by Gasteiger charge is 2.27. The van der Waals surface area contributed by atoms with Gasteiger partial charge in [-0.15, -0.1) is 0 Å². The van der Waals surface area contributed by atoms with E-state index < -0.39 is 5.60 Å². The van der Waals surface area contributed by atoms with Crippen LogP contribution in [0.4, 0.5) is 10.5 Å². The molecule has 0 spiro atoms. The molecule has 20 heavy (non-hydrogen) atoms. The summed E-state index contributed by atoms with van der Waals surface area (Å²) in [7, 11) is 0. The smallest absolute Gasteiger partial charge is 0.408 e. The van der Waals surface area contributed by atoms with Crippen molar-refractivity contribution in [1.82, 2.24) is 5.32 Å². The lowest BCUT2D eigenvalue weighted by molar-refractivity contribution is 0.0499. The number of carbonyl (C=O) groups excluding carboxylic acids is 1. The Hall–Kier alpha value is -1.23. The average molecular weight is 341 g/mol. The van der Waals surface area contributed by atoms with Gasteiger partial charge >= 0.3 is 6.09 Å². The number of benzene rings is 1. The summed E-state index contributed by atoms with van der Waals surface area (Å²) in [6.07, 6.45) is 0.463. The van der Waals surface area contributed by atoms with Crippen molar-refractivity contribution in [1.29, 1.82) is 0 Å². The van der Waals surface area contributed by atoms with Crippen molar-refractivity contribution in [2.45, 2.75) is 51.8 Å². The molecule has 0 unspecified atom stereocenters. The summed E-state index contributed by atoms with van der Waals surface area (Å²) in [5, 5.41) is 6.39. The summed E-state index contributed by atoms with van der Waals surface area (Å²) in [6, 6.07) is 6.33. The standard InChI is InChI=1S/C15H21BrN2O2/c1-9-7-13(18-14(19)20-15(2,3)4)11-8-10(16)5-6-12(11)17-9/h5-6,8-9,13,17H,7H2,1-4H3,(H,18,19)/t9-,13+/m1/s1. The van der Waals surface area contributed by atoms with E-state index in [4.69, 9.17) is 4.74 Å². The fraction of sp³-hybridized carbons (Fsp3) is 0.533. The van der Waals surface area contributed by atoms with E-state index in [1.807, 2.05) is 39.0 Å². The van der Waals surface area contributed by atoms with Crippen molar-refractivity contribution in [2.75, 3.05) is 5.32 Å². The minimum absolute atomic E-state index is 0.0337. The third-order valence-electron chi connectivity index (χ3n) is 3.07. The summed E-state index contributed by atoms with van der Waals surface area (Å²) in [5.74, 6) is 0. The zero-order valence-electron chi connectivity index (χ0n) is 12.3. The molecule has 1 aliphatic rings. The van der Waals surface area contributed by atoms with Crippen LogP contribution < -0.4 is 10.6 Å². The topological polar surface area (TPSA) is 50.4 Å². The number of amides is 1. The number of nitrogens with one attached hydrogen (secondary N) is 2. The number of hydrogen-bond donors (Lipinski definition) is 2. The van der Waals surface area contributed by atoms with Crippen molar-refractivity contribution in [2.24, 2.45) is 0 Å². The van der Waals surface area contributed by atoms with Crippen molar-refractivity contribution < 1.29 is 9.53 Å². The molecule has 0 aliphatic carbocycles. The third kappa shape index (κ3) is 3.88. The van der Waals surface area contributed by atoms with Gasteiger partial charge in [0.1, 0.15) is 5.60 Å². The predicted octanol–water partition coefficient (Wildman–Crippen LogP) is 4.22. The normalized spacial score (nSPS) is 21.6. The Morgan fingerprint density at radius 3 is 2.80 bits per heavy atom. The Morgan fingerprint density at radius 2 is 2.15 bits per heavy atom.